The van der Waals surface area contributed by atoms with E-state index < -0.39 is 237 Å². The Hall–Kier alpha value is -9.69. The molecule has 18 atom stereocenters. The van der Waals surface area contributed by atoms with E-state index in [-0.39, 0.29) is 65.2 Å². The number of halogens is 3. The van der Waals surface area contributed by atoms with Crippen molar-refractivity contribution in [3.8, 4) is 57.1 Å². The minimum absolute atomic E-state index is 0. The highest BCUT2D eigenvalue weighted by atomic mass is 35.5. The quantitative estimate of drug-likeness (QED) is 0.0543. The zero-order valence-electron chi connectivity index (χ0n) is 58.8. The summed E-state index contributed by atoms with van der Waals surface area (Å²) in [5.74, 6) is -16.0. The second kappa shape index (κ2) is 33.7. The average molecular weight is 1580 g/mol. The van der Waals surface area contributed by atoms with Crippen LogP contribution >= 0.6 is 23.2 Å². The molecule has 0 aliphatic carbocycles. The molecule has 109 heavy (non-hydrogen) atoms. The van der Waals surface area contributed by atoms with E-state index in [9.17, 15) is 70.2 Å². The zero-order valence-corrected chi connectivity index (χ0v) is 61.1. The minimum atomic E-state index is -2.35. The number of carboxylic acid groups (broad SMARTS) is 1. The fourth-order valence-corrected chi connectivity index (χ4v) is 14.0. The lowest BCUT2D eigenvalue weighted by Gasteiger charge is -2.45. The standard InChI is InChI=1S/C73H81Cl2N9O24.ClH/c1-28(2)15-41(78-26-31-8-6-7-29(3)16-31)65(95)83-56-58(90)33-10-13-45(39(74)18-33)104-47-20-35-21-48(62(47)108-72-63(61(93)60(92)49(27-85)106-72)107-51-25-73(5,77)64(94)30(4)103-51)105-46-14-11-34(19-40(46)75)59(91)57-70(100)82-55(71(101)102)38-22-36(86)23-44(88)52(38)37-17-32(9-12-43(37)87)53(67(97)84-57)81-68(98)54(35)80-66(96)42(24-50(76)89)79-69(56)99;/h6-14,16-23,28,30,41-42,49,51,53-61,63-64,72,78,85-88,90-94H,15,24-27,77H2,1-5H3,(H2,76,89)(H,79,99)(H,80,96)(H,81,98)(H,82,100)(H,83,95)(H,84,97)(H,101,102);1H/t30-,41+,42-,49+,51-,53+,54-,55-,56+,57-,58+,59+,60+,61-,63+,64+,72-,73-;/m0./s1. The van der Waals surface area contributed by atoms with Gasteiger partial charge < -0.3 is 141 Å². The van der Waals surface area contributed by atoms with Gasteiger partial charge in [-0.25, -0.2) is 4.79 Å². The molecule has 6 aromatic rings. The smallest absolute Gasteiger partial charge is 0.330 e. The van der Waals surface area contributed by atoms with Crippen molar-refractivity contribution in [2.75, 3.05) is 6.61 Å². The summed E-state index contributed by atoms with van der Waals surface area (Å²) in [6, 6.07) is 6.74. The average Bonchev–Trinajstić information content (AvgIpc) is 0.769. The van der Waals surface area contributed by atoms with Crippen molar-refractivity contribution in [3.05, 3.63) is 152 Å². The number of hydrogen-bond acceptors (Lipinski definition) is 24. The molecule has 0 radical (unpaired) electrons. The number of carboxylic acids is 1. The molecule has 7 aliphatic rings. The maximum Gasteiger partial charge on any atom is 0.330 e. The first kappa shape index (κ1) is 81.8. The largest absolute Gasteiger partial charge is 1.00 e. The molecule has 0 spiro atoms. The summed E-state index contributed by atoms with van der Waals surface area (Å²) in [5, 5.41) is 132. The van der Waals surface area contributed by atoms with Crippen LogP contribution in [0.2, 0.25) is 10.0 Å². The Bertz CT molecular complexity index is 4500. The molecule has 7 amide bonds. The monoisotopic (exact) mass is 1570 g/mol. The van der Waals surface area contributed by atoms with Gasteiger partial charge in [0.25, 0.3) is 0 Å². The van der Waals surface area contributed by atoms with Gasteiger partial charge in [-0.3, -0.25) is 33.6 Å². The Morgan fingerprint density at radius 3 is 1.94 bits per heavy atom. The van der Waals surface area contributed by atoms with E-state index in [0.717, 1.165) is 77.9 Å². The molecular weight excluding hydrogens is 1490 g/mol. The second-order valence-corrected chi connectivity index (χ2v) is 28.8. The summed E-state index contributed by atoms with van der Waals surface area (Å²) in [6.45, 7) is 7.92. The number of phenolic OH excluding ortho intramolecular Hbond substituents is 3. The lowest BCUT2D eigenvalue weighted by atomic mass is 9.86. The Balaban J connectivity index is 0.0000127. The molecule has 36 heteroatoms. The van der Waals surface area contributed by atoms with E-state index in [1.54, 1.807) is 6.92 Å². The van der Waals surface area contributed by atoms with Crippen molar-refractivity contribution in [1.82, 2.24) is 37.2 Å². The molecular formula is C73H82Cl3N9O24. The first-order valence-corrected chi connectivity index (χ1v) is 35.0. The number of aromatic hydroxyl groups is 3. The van der Waals surface area contributed by atoms with Crippen LogP contribution in [0.5, 0.6) is 46.0 Å². The number of carbonyl (C=O) groups is 8. The maximum atomic E-state index is 16.2. The Labute approximate surface area is 637 Å². The summed E-state index contributed by atoms with van der Waals surface area (Å²) in [6.07, 6.45) is -18.2. The van der Waals surface area contributed by atoms with Crippen molar-refractivity contribution in [2.45, 2.75) is 170 Å². The van der Waals surface area contributed by atoms with Crippen molar-refractivity contribution in [2.24, 2.45) is 11.7 Å². The van der Waals surface area contributed by atoms with Crippen LogP contribution in [0.15, 0.2) is 103 Å². The molecule has 0 saturated carbocycles. The van der Waals surface area contributed by atoms with E-state index in [0.29, 0.717) is 0 Å². The number of nitrogens with one attached hydrogen (secondary N) is 7. The number of amides is 7. The van der Waals surface area contributed by atoms with E-state index in [2.05, 4.69) is 43.0 Å². The van der Waals surface area contributed by atoms with Gasteiger partial charge in [0, 0.05) is 29.3 Å². The van der Waals surface area contributed by atoms with Gasteiger partial charge in [0.05, 0.1) is 41.6 Å². The number of hydrogen-bond donors (Lipinski definition) is 19. The highest BCUT2D eigenvalue weighted by molar-refractivity contribution is 6.32. The first-order chi connectivity index (χ1) is 51.1. The predicted octanol–water partition coefficient (Wildman–Crippen LogP) is -1.73. The van der Waals surface area contributed by atoms with Crippen LogP contribution in [-0.2, 0) is 59.1 Å². The highest BCUT2D eigenvalue weighted by Gasteiger charge is 2.52. The molecule has 2 fully saturated rings. The van der Waals surface area contributed by atoms with Crippen LogP contribution in [0.1, 0.15) is 116 Å². The van der Waals surface area contributed by atoms with E-state index >= 15 is 19.2 Å². The third kappa shape index (κ3) is 18.0. The molecule has 22 N–H and O–H groups in total. The number of ether oxygens (including phenoxy) is 6. The highest BCUT2D eigenvalue weighted by Crippen LogP contribution is 2.50. The summed E-state index contributed by atoms with van der Waals surface area (Å²) < 4.78 is 38.6. The van der Waals surface area contributed by atoms with Gasteiger partial charge in [-0.15, -0.1) is 0 Å². The van der Waals surface area contributed by atoms with Crippen molar-refractivity contribution < 1.29 is 136 Å². The van der Waals surface area contributed by atoms with Crippen LogP contribution in [0, 0.1) is 12.8 Å². The number of aliphatic hydroxyl groups is 6. The van der Waals surface area contributed by atoms with Crippen LogP contribution in [0.3, 0.4) is 0 Å². The van der Waals surface area contributed by atoms with Gasteiger partial charge in [-0.05, 0) is 116 Å². The maximum absolute atomic E-state index is 16.2. The summed E-state index contributed by atoms with van der Waals surface area (Å²) in [7, 11) is 0. The van der Waals surface area contributed by atoms with Gasteiger partial charge in [0.15, 0.2) is 29.9 Å². The number of benzene rings is 6. The molecule has 13 rings (SSSR count). The number of rotatable bonds is 15. The lowest BCUT2D eigenvalue weighted by Crippen LogP contribution is -3.00. The Morgan fingerprint density at radius 2 is 1.34 bits per heavy atom. The molecule has 11 bridgehead atoms. The van der Waals surface area contributed by atoms with Gasteiger partial charge in [0.1, 0.15) is 101 Å². The topological polar surface area (TPSA) is 532 Å². The molecule has 7 heterocycles. The normalized spacial score (nSPS) is 28.0. The van der Waals surface area contributed by atoms with Crippen LogP contribution in [0.25, 0.3) is 11.1 Å². The fourth-order valence-electron chi connectivity index (χ4n) is 13.5. The predicted molar refractivity (Wildman–Crippen MR) is 377 cm³/mol. The van der Waals surface area contributed by atoms with Gasteiger partial charge in [-0.1, -0.05) is 85.1 Å². The number of phenols is 3. The number of primary amides is 1. The van der Waals surface area contributed by atoms with Crippen molar-refractivity contribution >= 4 is 70.5 Å². The first-order valence-electron chi connectivity index (χ1n) is 34.2. The minimum Gasteiger partial charge on any atom is -1.00 e. The molecule has 7 aliphatic heterocycles. The Morgan fingerprint density at radius 1 is 0.716 bits per heavy atom. The van der Waals surface area contributed by atoms with Crippen LogP contribution in [0.4, 0.5) is 0 Å². The summed E-state index contributed by atoms with van der Waals surface area (Å²) >= 11 is 14.2. The second-order valence-electron chi connectivity index (χ2n) is 27.9. The number of aliphatic carboxylic acids is 1. The van der Waals surface area contributed by atoms with Gasteiger partial charge in [-0.2, -0.15) is 0 Å². The molecule has 33 nitrogen and oxygen atoms in total. The lowest BCUT2D eigenvalue weighted by molar-refractivity contribution is -0.518. The fraction of sp³-hybridized carbons (Fsp3) is 0.397. The number of nitrogens with two attached hydrogens (primary N) is 1. The number of carbonyl (C=O) groups excluding carboxylic acids is 7. The van der Waals surface area contributed by atoms with Gasteiger partial charge in [0.2, 0.25) is 53.4 Å². The summed E-state index contributed by atoms with van der Waals surface area (Å²) in [4.78, 5) is 119. The number of fused-ring (bicyclic) bond motifs is 15. The van der Waals surface area contributed by atoms with Crippen LogP contribution in [-0.4, -0.2) is 184 Å². The summed E-state index contributed by atoms with van der Waals surface area (Å²) in [5.41, 5.74) is 7.68. The number of aliphatic hydroxyl groups excluding tert-OH is 6. The van der Waals surface area contributed by atoms with Crippen molar-refractivity contribution in [3.63, 3.8) is 0 Å². The zero-order chi connectivity index (χ0) is 78.2. The van der Waals surface area contributed by atoms with Crippen molar-refractivity contribution in [1.29, 1.82) is 0 Å². The third-order valence-corrected chi connectivity index (χ3v) is 19.7. The molecule has 6 aromatic carbocycles. The SMILES string of the molecule is Cc1cccc(CN[C@H](CC(C)C)C(=O)N[C@H]2C(=O)N[C@@H](CC(N)=O)C(=O)N[C@@H]3C(=O)N[C@H]4C(=O)N[C@H](C(=O)N[C@H](C(=O)O)c5cc(O)cc(O)c5-c5cc4ccc5O)[C@H](O)c4ccc(c(Cl)c4)Oc4cc3cc(c4O[C@@H]3O[C@H](CO)[C@@H](O)[C@H](O)[C@H]3O[C@H]3C[C@](C)([NH3+])[C@H](O)[C@H](C)O3)Oc3ccc(cc3Cl)[C@H]2O)c1.[Cl-]. The molecule has 0 unspecified atom stereocenters. The van der Waals surface area contributed by atoms with Gasteiger partial charge >= 0.3 is 5.97 Å². The number of aryl methyl sites for hydroxylation is 1. The molecule has 2 saturated heterocycles. The van der Waals surface area contributed by atoms with E-state index in [1.807, 2.05) is 45.0 Å². The van der Waals surface area contributed by atoms with E-state index in [4.69, 9.17) is 57.4 Å². The molecule has 584 valence electrons. The molecule has 0 aromatic heterocycles. The van der Waals surface area contributed by atoms with Crippen LogP contribution < -0.4 is 75.3 Å². The third-order valence-electron chi connectivity index (χ3n) is 19.1. The Kier molecular flexibility index (Phi) is 25.3. The number of quaternary nitrogens is 1. The van der Waals surface area contributed by atoms with E-state index in [1.165, 1.54) is 19.1 Å².